The van der Waals surface area contributed by atoms with Gasteiger partial charge < -0.3 is 14.8 Å². The van der Waals surface area contributed by atoms with E-state index in [0.717, 1.165) is 17.7 Å². The minimum Gasteiger partial charge on any atom is -0.491 e. The number of carbonyl (C=O) groups excluding carboxylic acids is 1. The van der Waals surface area contributed by atoms with E-state index in [1.807, 2.05) is 24.3 Å². The zero-order valence-corrected chi connectivity index (χ0v) is 17.7. The van der Waals surface area contributed by atoms with E-state index in [1.165, 1.54) is 0 Å². The van der Waals surface area contributed by atoms with Crippen molar-refractivity contribution >= 4 is 17.5 Å². The van der Waals surface area contributed by atoms with Crippen LogP contribution in [0.25, 0.3) is 11.3 Å². The third-order valence-electron chi connectivity index (χ3n) is 4.45. The van der Waals surface area contributed by atoms with E-state index in [-0.39, 0.29) is 0 Å². The molecule has 2 N–H and O–H groups in total. The van der Waals surface area contributed by atoms with E-state index in [9.17, 15) is 4.79 Å². The number of anilines is 2. The Morgan fingerprint density at radius 3 is 2.67 bits per heavy atom. The van der Waals surface area contributed by atoms with E-state index in [4.69, 9.17) is 9.47 Å². The summed E-state index contributed by atoms with van der Waals surface area (Å²) in [4.78, 5) is 16.7. The van der Waals surface area contributed by atoms with Crippen LogP contribution in [-0.2, 0) is 7.05 Å². The first-order valence-electron chi connectivity index (χ1n) is 9.80. The summed E-state index contributed by atoms with van der Waals surface area (Å²) < 4.78 is 12.6. The highest BCUT2D eigenvalue weighted by Gasteiger charge is 2.12. The molecule has 30 heavy (non-hydrogen) atoms. The molecule has 0 aliphatic heterocycles. The van der Waals surface area contributed by atoms with Gasteiger partial charge in [0.15, 0.2) is 5.82 Å². The molecule has 8 heteroatoms. The molecule has 3 rings (SSSR count). The van der Waals surface area contributed by atoms with Crippen LogP contribution in [0, 0.1) is 5.92 Å². The average molecular weight is 409 g/mol. The van der Waals surface area contributed by atoms with Crippen LogP contribution in [0.2, 0.25) is 0 Å². The molecule has 3 aromatic rings. The lowest BCUT2D eigenvalue weighted by Gasteiger charge is -2.13. The number of aryl methyl sites for hydroxylation is 1. The van der Waals surface area contributed by atoms with Gasteiger partial charge in [0.1, 0.15) is 5.75 Å². The van der Waals surface area contributed by atoms with Gasteiger partial charge in [-0.25, -0.2) is 9.78 Å². The van der Waals surface area contributed by atoms with Crippen molar-refractivity contribution in [1.29, 1.82) is 0 Å². The third-order valence-corrected chi connectivity index (χ3v) is 4.45. The molecule has 0 aliphatic rings. The number of carbonyl (C=O) groups is 1. The number of methoxy groups -OCH3 is 1. The highest BCUT2D eigenvalue weighted by atomic mass is 16.5. The van der Waals surface area contributed by atoms with Crippen LogP contribution in [-0.4, -0.2) is 34.5 Å². The fraction of sp³-hybridized carbons (Fsp3) is 0.318. The molecule has 0 saturated carbocycles. The van der Waals surface area contributed by atoms with Gasteiger partial charge in [0.25, 0.3) is 0 Å². The van der Waals surface area contributed by atoms with Crippen molar-refractivity contribution in [3.05, 3.63) is 48.7 Å². The van der Waals surface area contributed by atoms with E-state index in [2.05, 4.69) is 34.6 Å². The molecule has 8 nitrogen and oxygen atoms in total. The maximum Gasteiger partial charge on any atom is 0.325 e. The van der Waals surface area contributed by atoms with Crippen molar-refractivity contribution in [3.8, 4) is 22.9 Å². The van der Waals surface area contributed by atoms with Gasteiger partial charge in [-0.05, 0) is 30.5 Å². The van der Waals surface area contributed by atoms with Crippen molar-refractivity contribution in [1.82, 2.24) is 14.8 Å². The molecule has 0 atom stereocenters. The second kappa shape index (κ2) is 9.78. The number of hydrogen-bond acceptors (Lipinski definition) is 5. The zero-order valence-electron chi connectivity index (χ0n) is 17.7. The maximum atomic E-state index is 12.5. The molecular formula is C22H27N5O3. The van der Waals surface area contributed by atoms with Crippen LogP contribution in [0.4, 0.5) is 16.3 Å². The molecule has 0 bridgehead atoms. The molecule has 158 valence electrons. The monoisotopic (exact) mass is 409 g/mol. The van der Waals surface area contributed by atoms with E-state index >= 15 is 0 Å². The third kappa shape index (κ3) is 5.50. The molecule has 0 fully saturated rings. The van der Waals surface area contributed by atoms with Crippen LogP contribution in [0.3, 0.4) is 0 Å². The highest BCUT2D eigenvalue weighted by Crippen LogP contribution is 2.25. The maximum absolute atomic E-state index is 12.5. The summed E-state index contributed by atoms with van der Waals surface area (Å²) in [5, 5.41) is 9.95. The fourth-order valence-electron chi connectivity index (χ4n) is 2.82. The minimum absolute atomic E-state index is 0.396. The normalized spacial score (nSPS) is 10.7. The van der Waals surface area contributed by atoms with E-state index < -0.39 is 6.03 Å². The Kier molecular flexibility index (Phi) is 6.90. The lowest BCUT2D eigenvalue weighted by atomic mass is 10.1. The first kappa shape index (κ1) is 21.2. The minimum atomic E-state index is -0.396. The van der Waals surface area contributed by atoms with Crippen molar-refractivity contribution < 1.29 is 14.3 Å². The molecule has 2 amide bonds. The summed E-state index contributed by atoms with van der Waals surface area (Å²) in [6.07, 6.45) is 2.64. The first-order chi connectivity index (χ1) is 14.5. The van der Waals surface area contributed by atoms with E-state index in [1.54, 1.807) is 43.2 Å². The molecule has 0 saturated heterocycles. The van der Waals surface area contributed by atoms with Crippen LogP contribution >= 0.6 is 0 Å². The number of para-hydroxylation sites is 2. The van der Waals surface area contributed by atoms with Crippen molar-refractivity contribution in [3.63, 3.8) is 0 Å². The summed E-state index contributed by atoms with van der Waals surface area (Å²) in [5.41, 5.74) is 2.29. The van der Waals surface area contributed by atoms with Gasteiger partial charge >= 0.3 is 6.03 Å². The summed E-state index contributed by atoms with van der Waals surface area (Å²) in [6, 6.07) is 12.4. The molecule has 0 spiro atoms. The molecule has 1 aromatic carbocycles. The number of amides is 2. The SMILES string of the molecule is COc1ccc(-c2cc(NC(=O)Nc3ccccc3OCCC(C)C)nn2C)cn1. The summed E-state index contributed by atoms with van der Waals surface area (Å²) in [6.45, 7) is 4.88. The zero-order chi connectivity index (χ0) is 21.5. The molecular weight excluding hydrogens is 382 g/mol. The average Bonchev–Trinajstić information content (AvgIpc) is 3.09. The van der Waals surface area contributed by atoms with Crippen molar-refractivity contribution in [2.24, 2.45) is 13.0 Å². The molecule has 2 heterocycles. The van der Waals surface area contributed by atoms with Crippen LogP contribution in [0.15, 0.2) is 48.7 Å². The molecule has 0 radical (unpaired) electrons. The number of ether oxygens (including phenoxy) is 2. The number of nitrogens with one attached hydrogen (secondary N) is 2. The van der Waals surface area contributed by atoms with Gasteiger partial charge in [-0.1, -0.05) is 26.0 Å². The molecule has 0 aliphatic carbocycles. The van der Waals surface area contributed by atoms with E-state index in [0.29, 0.717) is 35.7 Å². The number of pyridine rings is 1. The Morgan fingerprint density at radius 2 is 1.97 bits per heavy atom. The smallest absolute Gasteiger partial charge is 0.325 e. The predicted molar refractivity (Wildman–Crippen MR) is 117 cm³/mol. The number of hydrogen-bond donors (Lipinski definition) is 2. The van der Waals surface area contributed by atoms with Crippen LogP contribution in [0.1, 0.15) is 20.3 Å². The Hall–Kier alpha value is -3.55. The summed E-state index contributed by atoms with van der Waals surface area (Å²) in [7, 11) is 3.38. The largest absolute Gasteiger partial charge is 0.491 e. The van der Waals surface area contributed by atoms with Gasteiger partial charge in [0.2, 0.25) is 5.88 Å². The first-order valence-corrected chi connectivity index (χ1v) is 9.80. The van der Waals surface area contributed by atoms with Gasteiger partial charge in [-0.3, -0.25) is 10.00 Å². The number of rotatable bonds is 8. The lowest BCUT2D eigenvalue weighted by Crippen LogP contribution is -2.20. The van der Waals surface area contributed by atoms with Crippen LogP contribution in [0.5, 0.6) is 11.6 Å². The van der Waals surface area contributed by atoms with Crippen molar-refractivity contribution in [2.75, 3.05) is 24.4 Å². The summed E-state index contributed by atoms with van der Waals surface area (Å²) in [5.74, 6) is 2.15. The Labute approximate surface area is 176 Å². The second-order valence-electron chi connectivity index (χ2n) is 7.23. The van der Waals surface area contributed by atoms with Gasteiger partial charge in [-0.2, -0.15) is 5.10 Å². The summed E-state index contributed by atoms with van der Waals surface area (Å²) >= 11 is 0. The second-order valence-corrected chi connectivity index (χ2v) is 7.23. The molecule has 2 aromatic heterocycles. The number of nitrogens with zero attached hydrogens (tertiary/aromatic N) is 3. The number of aromatic nitrogens is 3. The topological polar surface area (TPSA) is 90.3 Å². The quantitative estimate of drug-likeness (QED) is 0.569. The van der Waals surface area contributed by atoms with Gasteiger partial charge in [0, 0.05) is 30.9 Å². The van der Waals surface area contributed by atoms with Crippen LogP contribution < -0.4 is 20.1 Å². The fourth-order valence-corrected chi connectivity index (χ4v) is 2.82. The Bertz CT molecular complexity index is 983. The Balaban J connectivity index is 1.66. The van der Waals surface area contributed by atoms with Gasteiger partial charge in [0.05, 0.1) is 25.1 Å². The Morgan fingerprint density at radius 1 is 1.17 bits per heavy atom. The number of benzene rings is 1. The predicted octanol–water partition coefficient (Wildman–Crippen LogP) is 4.56. The van der Waals surface area contributed by atoms with Gasteiger partial charge in [-0.15, -0.1) is 0 Å². The standard InChI is InChI=1S/C22H27N5O3/c1-15(2)11-12-30-19-8-6-5-7-17(19)24-22(28)25-20-13-18(27(3)26-20)16-9-10-21(29-4)23-14-16/h5-10,13-15H,11-12H2,1-4H3,(H2,24,25,26,28). The van der Waals surface area contributed by atoms with Crippen molar-refractivity contribution in [2.45, 2.75) is 20.3 Å². The lowest BCUT2D eigenvalue weighted by molar-refractivity contribution is 0.261. The molecule has 0 unspecified atom stereocenters. The number of urea groups is 1. The highest BCUT2D eigenvalue weighted by molar-refractivity contribution is 6.00.